The van der Waals surface area contributed by atoms with Gasteiger partial charge in [0.1, 0.15) is 24.3 Å². The number of carbonyl (C=O) groups excluding carboxylic acids is 3. The number of aromatic nitrogens is 1. The minimum atomic E-state index is -0.799. The molecule has 6 rings (SSSR count). The van der Waals surface area contributed by atoms with Gasteiger partial charge in [-0.2, -0.15) is 0 Å². The Bertz CT molecular complexity index is 1640. The number of nitrogens with zero attached hydrogens (tertiary/aromatic N) is 3. The van der Waals surface area contributed by atoms with Gasteiger partial charge in [0, 0.05) is 31.7 Å². The van der Waals surface area contributed by atoms with E-state index in [9.17, 15) is 28.7 Å². The Morgan fingerprint density at radius 1 is 1.07 bits per heavy atom. The molecule has 1 atom stereocenters. The summed E-state index contributed by atoms with van der Waals surface area (Å²) in [6.45, 7) is 0.620. The average Bonchev–Trinajstić information content (AvgIpc) is 3.78. The quantitative estimate of drug-likeness (QED) is 0.409. The Hall–Kier alpha value is -4.38. The largest absolute Gasteiger partial charge is 0.502 e. The first kappa shape index (κ1) is 27.8. The van der Waals surface area contributed by atoms with E-state index in [4.69, 9.17) is 16.3 Å². The maximum absolute atomic E-state index is 13.8. The summed E-state index contributed by atoms with van der Waals surface area (Å²) in [5.41, 5.74) is 0.879. The Labute approximate surface area is 245 Å². The zero-order valence-electron chi connectivity index (χ0n) is 22.5. The van der Waals surface area contributed by atoms with Crippen molar-refractivity contribution >= 4 is 29.5 Å². The number of carbonyl (C=O) groups is 3. The van der Waals surface area contributed by atoms with Gasteiger partial charge in [-0.3, -0.25) is 19.0 Å². The van der Waals surface area contributed by atoms with Crippen molar-refractivity contribution in [2.45, 2.75) is 38.6 Å². The second-order valence-corrected chi connectivity index (χ2v) is 11.1. The fourth-order valence-electron chi connectivity index (χ4n) is 5.74. The zero-order valence-corrected chi connectivity index (χ0v) is 23.3. The molecule has 3 heterocycles. The molecule has 2 aromatic carbocycles. The van der Waals surface area contributed by atoms with Crippen molar-refractivity contribution in [3.05, 3.63) is 97.7 Å². The van der Waals surface area contributed by atoms with Crippen molar-refractivity contribution in [3.8, 4) is 5.75 Å². The molecule has 1 aromatic heterocycles. The highest BCUT2D eigenvalue weighted by Crippen LogP contribution is 2.46. The number of benzene rings is 2. The van der Waals surface area contributed by atoms with E-state index in [1.54, 1.807) is 0 Å². The van der Waals surface area contributed by atoms with Crippen LogP contribution >= 0.6 is 11.6 Å². The van der Waals surface area contributed by atoms with Gasteiger partial charge in [0.2, 0.25) is 0 Å². The Morgan fingerprint density at radius 2 is 1.83 bits per heavy atom. The van der Waals surface area contributed by atoms with Crippen LogP contribution in [0.1, 0.15) is 56.5 Å². The summed E-state index contributed by atoms with van der Waals surface area (Å²) < 4.78 is 20.2. The van der Waals surface area contributed by atoms with Gasteiger partial charge >= 0.3 is 6.09 Å². The van der Waals surface area contributed by atoms with E-state index in [2.05, 4.69) is 5.32 Å². The lowest BCUT2D eigenvalue weighted by atomic mass is 9.95. The molecular formula is C30H28ClFN4O6. The number of alkyl carbamates (subject to hydrolysis) is 1. The van der Waals surface area contributed by atoms with Crippen LogP contribution < -0.4 is 10.9 Å². The standard InChI is InChI=1S/C30H28ClFN4O6/c31-21-14-18(6-9-22(21)32)15-34-12-10-20-23(27(34)38)25(37)29(40)36-24(20)28(39)35(26(36)19-7-8-19)13-11-33-30(41)42-16-17-4-2-1-3-5-17/h1-6,9,14,19,26,37H,7-8,10-13,15-16H2,(H,33,41). The van der Waals surface area contributed by atoms with E-state index in [1.165, 1.54) is 32.6 Å². The number of hydrogen-bond acceptors (Lipinski definition) is 6. The third kappa shape index (κ3) is 5.09. The van der Waals surface area contributed by atoms with Gasteiger partial charge in [-0.15, -0.1) is 0 Å². The summed E-state index contributed by atoms with van der Waals surface area (Å²) in [7, 11) is 0. The van der Waals surface area contributed by atoms with Crippen molar-refractivity contribution in [1.29, 1.82) is 0 Å². The second-order valence-electron chi connectivity index (χ2n) is 10.7. The van der Waals surface area contributed by atoms with E-state index < -0.39 is 41.2 Å². The number of amides is 3. The molecule has 12 heteroatoms. The molecule has 0 radical (unpaired) electrons. The first-order valence-electron chi connectivity index (χ1n) is 13.7. The summed E-state index contributed by atoms with van der Waals surface area (Å²) in [6.07, 6.45) is 0.592. The molecule has 2 N–H and O–H groups in total. The molecule has 1 aliphatic carbocycles. The molecule has 2 aliphatic heterocycles. The van der Waals surface area contributed by atoms with Gasteiger partial charge in [-0.05, 0) is 48.4 Å². The summed E-state index contributed by atoms with van der Waals surface area (Å²) in [5, 5.41) is 13.6. The molecule has 1 fully saturated rings. The lowest BCUT2D eigenvalue weighted by Crippen LogP contribution is -2.40. The number of halogens is 2. The summed E-state index contributed by atoms with van der Waals surface area (Å²) in [6, 6.07) is 13.4. The molecule has 1 unspecified atom stereocenters. The minimum absolute atomic E-state index is 0.0226. The molecule has 3 aromatic rings. The number of aromatic hydroxyl groups is 1. The topological polar surface area (TPSA) is 121 Å². The highest BCUT2D eigenvalue weighted by atomic mass is 35.5. The van der Waals surface area contributed by atoms with Gasteiger partial charge in [0.15, 0.2) is 5.75 Å². The molecule has 3 aliphatic rings. The van der Waals surface area contributed by atoms with Crippen LogP contribution in [0.2, 0.25) is 5.02 Å². The van der Waals surface area contributed by atoms with E-state index >= 15 is 0 Å². The number of hydrogen-bond donors (Lipinski definition) is 2. The maximum atomic E-state index is 13.8. The molecule has 1 saturated carbocycles. The van der Waals surface area contributed by atoms with E-state index in [0.717, 1.165) is 18.4 Å². The highest BCUT2D eigenvalue weighted by Gasteiger charge is 2.49. The van der Waals surface area contributed by atoms with Crippen molar-refractivity contribution in [1.82, 2.24) is 19.7 Å². The third-order valence-corrected chi connectivity index (χ3v) is 8.19. The van der Waals surface area contributed by atoms with Crippen LogP contribution in [0, 0.1) is 11.7 Å². The number of ether oxygens (including phenoxy) is 1. The van der Waals surface area contributed by atoms with Crippen LogP contribution in [0.3, 0.4) is 0 Å². The maximum Gasteiger partial charge on any atom is 0.407 e. The highest BCUT2D eigenvalue weighted by molar-refractivity contribution is 6.30. The molecule has 10 nitrogen and oxygen atoms in total. The van der Waals surface area contributed by atoms with Crippen LogP contribution in [0.5, 0.6) is 5.75 Å². The summed E-state index contributed by atoms with van der Waals surface area (Å²) >= 11 is 5.89. The zero-order chi connectivity index (χ0) is 29.5. The summed E-state index contributed by atoms with van der Waals surface area (Å²) in [4.78, 5) is 56.0. The van der Waals surface area contributed by atoms with Gasteiger partial charge in [-0.1, -0.05) is 48.0 Å². The SMILES string of the molecule is O=C(NCCN1C(=O)c2c3c(c(O)c(=O)n2C1C1CC1)C(=O)N(Cc1ccc(F)c(Cl)c1)CC3)OCc1ccccc1. The molecule has 0 bridgehead atoms. The first-order chi connectivity index (χ1) is 20.2. The van der Waals surface area contributed by atoms with E-state index in [1.807, 2.05) is 30.3 Å². The Balaban J connectivity index is 1.21. The fraction of sp³-hybridized carbons (Fsp3) is 0.333. The Kier molecular flexibility index (Phi) is 7.36. The molecule has 0 spiro atoms. The van der Waals surface area contributed by atoms with Crippen LogP contribution in [-0.2, 0) is 24.3 Å². The molecule has 0 saturated heterocycles. The summed E-state index contributed by atoms with van der Waals surface area (Å²) in [5.74, 6) is -2.26. The van der Waals surface area contributed by atoms with Crippen LogP contribution in [0.4, 0.5) is 9.18 Å². The van der Waals surface area contributed by atoms with E-state index in [0.29, 0.717) is 11.1 Å². The number of pyridine rings is 1. The first-order valence-corrected chi connectivity index (χ1v) is 14.1. The van der Waals surface area contributed by atoms with Gasteiger partial charge < -0.3 is 25.0 Å². The second kappa shape index (κ2) is 11.1. The van der Waals surface area contributed by atoms with Crippen LogP contribution in [0.25, 0.3) is 0 Å². The minimum Gasteiger partial charge on any atom is -0.502 e. The number of rotatable bonds is 8. The molecule has 42 heavy (non-hydrogen) atoms. The van der Waals surface area contributed by atoms with Crippen LogP contribution in [-0.4, -0.2) is 57.0 Å². The molecule has 218 valence electrons. The monoisotopic (exact) mass is 594 g/mol. The molecule has 3 amide bonds. The average molecular weight is 595 g/mol. The number of nitrogens with one attached hydrogen (secondary N) is 1. The van der Waals surface area contributed by atoms with Crippen molar-refractivity contribution < 1.29 is 28.6 Å². The fourth-order valence-corrected chi connectivity index (χ4v) is 5.95. The molecular weight excluding hydrogens is 567 g/mol. The lowest BCUT2D eigenvalue weighted by Gasteiger charge is -2.30. The number of fused-ring (bicyclic) bond motifs is 3. The normalized spacial score (nSPS) is 17.7. The Morgan fingerprint density at radius 3 is 2.55 bits per heavy atom. The smallest absolute Gasteiger partial charge is 0.407 e. The van der Waals surface area contributed by atoms with Gasteiger partial charge in [-0.25, -0.2) is 9.18 Å². The predicted molar refractivity (Wildman–Crippen MR) is 150 cm³/mol. The van der Waals surface area contributed by atoms with Crippen molar-refractivity contribution in [2.75, 3.05) is 19.6 Å². The third-order valence-electron chi connectivity index (χ3n) is 7.90. The van der Waals surface area contributed by atoms with Gasteiger partial charge in [0.25, 0.3) is 17.4 Å². The lowest BCUT2D eigenvalue weighted by molar-refractivity contribution is 0.0663. The van der Waals surface area contributed by atoms with Gasteiger partial charge in [0.05, 0.1) is 10.6 Å². The van der Waals surface area contributed by atoms with E-state index in [-0.39, 0.29) is 61.4 Å². The van der Waals surface area contributed by atoms with Crippen LogP contribution in [0.15, 0.2) is 53.3 Å². The van der Waals surface area contributed by atoms with Crippen molar-refractivity contribution in [3.63, 3.8) is 0 Å². The predicted octanol–water partition coefficient (Wildman–Crippen LogP) is 3.84. The van der Waals surface area contributed by atoms with Crippen molar-refractivity contribution in [2.24, 2.45) is 5.92 Å².